The van der Waals surface area contributed by atoms with Crippen molar-refractivity contribution < 1.29 is 0 Å². The number of nitrogens with zero attached hydrogens (tertiary/aromatic N) is 6. The van der Waals surface area contributed by atoms with Crippen molar-refractivity contribution in [1.82, 2.24) is 19.5 Å². The van der Waals surface area contributed by atoms with Gasteiger partial charge in [0.15, 0.2) is 5.82 Å². The molecule has 1 aliphatic carbocycles. The van der Waals surface area contributed by atoms with Gasteiger partial charge in [0.05, 0.1) is 34.4 Å². The zero-order chi connectivity index (χ0) is 34.0. The normalized spacial score (nSPS) is 15.2. The van der Waals surface area contributed by atoms with E-state index < -0.39 is 0 Å². The van der Waals surface area contributed by atoms with E-state index >= 15 is 0 Å². The van der Waals surface area contributed by atoms with Crippen LogP contribution in [0.15, 0.2) is 133 Å². The summed E-state index contributed by atoms with van der Waals surface area (Å²) in [4.78, 5) is 18.0. The van der Waals surface area contributed by atoms with E-state index in [2.05, 4.69) is 158 Å². The Hall–Kier alpha value is -6.32. The molecular weight excluding hydrogens is 613 g/mol. The Kier molecular flexibility index (Phi) is 6.79. The fourth-order valence-electron chi connectivity index (χ4n) is 7.44. The Labute approximate surface area is 291 Å². The summed E-state index contributed by atoms with van der Waals surface area (Å²) >= 11 is 0. The van der Waals surface area contributed by atoms with Gasteiger partial charge in [-0.15, -0.1) is 0 Å². The number of hydrogen-bond acceptors (Lipinski definition) is 5. The predicted molar refractivity (Wildman–Crippen MR) is 203 cm³/mol. The molecule has 6 heteroatoms. The highest BCUT2D eigenvalue weighted by molar-refractivity contribution is 6.09. The molecule has 0 N–H and O–H groups in total. The van der Waals surface area contributed by atoms with E-state index in [0.29, 0.717) is 23.2 Å². The highest BCUT2D eigenvalue weighted by Crippen LogP contribution is 2.50. The number of aromatic nitrogens is 4. The van der Waals surface area contributed by atoms with E-state index in [0.717, 1.165) is 45.2 Å². The minimum atomic E-state index is -0.365. The van der Waals surface area contributed by atoms with Crippen LogP contribution in [0.2, 0.25) is 0 Å². The number of hydrogen-bond donors (Lipinski definition) is 0. The maximum atomic E-state index is 10.1. The van der Waals surface area contributed by atoms with Crippen LogP contribution < -0.4 is 4.90 Å². The molecule has 1 atom stereocenters. The maximum absolute atomic E-state index is 10.1. The smallest absolute Gasteiger partial charge is 0.238 e. The van der Waals surface area contributed by atoms with Crippen molar-refractivity contribution in [3.63, 3.8) is 0 Å². The van der Waals surface area contributed by atoms with Gasteiger partial charge in [0.2, 0.25) is 5.95 Å². The first-order chi connectivity index (χ1) is 24.4. The zero-order valence-electron chi connectivity index (χ0n) is 28.2. The summed E-state index contributed by atoms with van der Waals surface area (Å²) in [7, 11) is 0. The molecule has 1 unspecified atom stereocenters. The van der Waals surface area contributed by atoms with E-state index in [1.165, 1.54) is 22.3 Å². The first-order valence-corrected chi connectivity index (χ1v) is 17.0. The van der Waals surface area contributed by atoms with Crippen LogP contribution in [-0.4, -0.2) is 25.6 Å². The molecule has 0 saturated carbocycles. The molecule has 0 amide bonds. The molecule has 0 fully saturated rings. The number of anilines is 2. The molecule has 2 aromatic heterocycles. The van der Waals surface area contributed by atoms with Crippen LogP contribution in [0.4, 0.5) is 11.4 Å². The molecule has 6 nitrogen and oxygen atoms in total. The number of nitriles is 1. The average molecular weight is 647 g/mol. The van der Waals surface area contributed by atoms with Crippen molar-refractivity contribution >= 4 is 38.8 Å². The van der Waals surface area contributed by atoms with Crippen molar-refractivity contribution in [1.29, 1.82) is 5.26 Å². The van der Waals surface area contributed by atoms with Gasteiger partial charge in [-0.3, -0.25) is 4.57 Å². The third-order valence-corrected chi connectivity index (χ3v) is 9.82. The van der Waals surface area contributed by atoms with E-state index in [-0.39, 0.29) is 11.5 Å². The highest BCUT2D eigenvalue weighted by Gasteiger charge is 2.37. The number of fused-ring (bicyclic) bond motifs is 6. The molecule has 240 valence electrons. The van der Waals surface area contributed by atoms with Crippen molar-refractivity contribution in [3.8, 4) is 34.5 Å². The fourth-order valence-corrected chi connectivity index (χ4v) is 7.44. The molecule has 3 heterocycles. The van der Waals surface area contributed by atoms with E-state index in [1.807, 2.05) is 12.1 Å². The van der Waals surface area contributed by atoms with Gasteiger partial charge >= 0.3 is 0 Å². The molecule has 2 aliphatic rings. The molecule has 0 radical (unpaired) electrons. The Morgan fingerprint density at radius 3 is 2.10 bits per heavy atom. The van der Waals surface area contributed by atoms with Crippen molar-refractivity contribution in [2.75, 3.05) is 4.90 Å². The summed E-state index contributed by atoms with van der Waals surface area (Å²) in [6.45, 7) is 6.38. The average Bonchev–Trinajstić information content (AvgIpc) is 3.67. The summed E-state index contributed by atoms with van der Waals surface area (Å²) in [5.41, 5.74) is 10.0. The van der Waals surface area contributed by atoms with E-state index in [9.17, 15) is 5.26 Å². The predicted octanol–water partition coefficient (Wildman–Crippen LogP) is 10.3. The molecule has 5 aromatic carbocycles. The Morgan fingerprint density at radius 1 is 0.700 bits per heavy atom. The molecule has 0 bridgehead atoms. The summed E-state index contributed by atoms with van der Waals surface area (Å²) in [6.07, 6.45) is 7.49. The zero-order valence-corrected chi connectivity index (χ0v) is 28.2. The lowest BCUT2D eigenvalue weighted by Crippen LogP contribution is -2.28. The van der Waals surface area contributed by atoms with Crippen molar-refractivity contribution in [2.45, 2.75) is 38.6 Å². The standard InChI is InChI=1S/C44H34N6/c1-44(2,3)42-46-41(47-43(48-42)50-37-19-11-7-15-31(37)32-16-8-12-20-38(32)50)35-25-28(27-45)21-23-40(35)49-36-18-10-9-17-33(36)34-26-30(22-24-39(34)49)29-13-5-4-6-14-29/h4-17,19-26,36H,18H2,1-3H3. The molecule has 50 heavy (non-hydrogen) atoms. The van der Waals surface area contributed by atoms with Crippen LogP contribution >= 0.6 is 0 Å². The summed E-state index contributed by atoms with van der Waals surface area (Å²) in [5.74, 6) is 1.78. The summed E-state index contributed by atoms with van der Waals surface area (Å²) in [6, 6.07) is 42.4. The lowest BCUT2D eigenvalue weighted by Gasteiger charge is -2.30. The fraction of sp³-hybridized carbons (Fsp3) is 0.136. The SMILES string of the molecule is CC(C)(C)c1nc(-c2cc(C#N)ccc2N2c3ccc(-c4ccccc4)cc3C3=CC=CCC32)nc(-n2c3ccccc3c3ccccc32)n1. The van der Waals surface area contributed by atoms with E-state index in [4.69, 9.17) is 15.0 Å². The third-order valence-electron chi connectivity index (χ3n) is 9.82. The summed E-state index contributed by atoms with van der Waals surface area (Å²) in [5, 5.41) is 12.4. The lowest BCUT2D eigenvalue weighted by atomic mass is 9.93. The summed E-state index contributed by atoms with van der Waals surface area (Å²) < 4.78 is 2.14. The van der Waals surface area contributed by atoms with Gasteiger partial charge in [-0.25, -0.2) is 4.98 Å². The van der Waals surface area contributed by atoms with Gasteiger partial charge < -0.3 is 4.90 Å². The van der Waals surface area contributed by atoms with Gasteiger partial charge in [0.1, 0.15) is 5.82 Å². The van der Waals surface area contributed by atoms with Crippen LogP contribution in [0.5, 0.6) is 0 Å². The maximum Gasteiger partial charge on any atom is 0.238 e. The molecule has 0 saturated heterocycles. The number of benzene rings is 5. The first-order valence-electron chi connectivity index (χ1n) is 17.0. The number of allylic oxidation sites excluding steroid dienone is 2. The molecule has 7 aromatic rings. The second-order valence-electron chi connectivity index (χ2n) is 14.0. The van der Waals surface area contributed by atoms with Gasteiger partial charge in [0, 0.05) is 33.0 Å². The van der Waals surface area contributed by atoms with Gasteiger partial charge in [-0.1, -0.05) is 112 Å². The van der Waals surface area contributed by atoms with E-state index in [1.54, 1.807) is 0 Å². The second-order valence-corrected chi connectivity index (χ2v) is 14.0. The second kappa shape index (κ2) is 11.4. The van der Waals surface area contributed by atoms with Crippen molar-refractivity contribution in [2.24, 2.45) is 0 Å². The van der Waals surface area contributed by atoms with Crippen LogP contribution in [-0.2, 0) is 5.41 Å². The quantitative estimate of drug-likeness (QED) is 0.190. The lowest BCUT2D eigenvalue weighted by molar-refractivity contribution is 0.540. The molecule has 9 rings (SSSR count). The number of rotatable bonds is 4. The highest BCUT2D eigenvalue weighted by atomic mass is 15.2. The van der Waals surface area contributed by atoms with Crippen LogP contribution in [0.3, 0.4) is 0 Å². The first kappa shape index (κ1) is 29.8. The third kappa shape index (κ3) is 4.74. The van der Waals surface area contributed by atoms with Crippen LogP contribution in [0.25, 0.3) is 55.8 Å². The molecule has 1 aliphatic heterocycles. The Morgan fingerprint density at radius 2 is 1.38 bits per heavy atom. The monoisotopic (exact) mass is 646 g/mol. The van der Waals surface area contributed by atoms with Gasteiger partial charge in [-0.2, -0.15) is 15.2 Å². The van der Waals surface area contributed by atoms with Crippen LogP contribution in [0, 0.1) is 11.3 Å². The minimum absolute atomic E-state index is 0.0911. The van der Waals surface area contributed by atoms with Gasteiger partial charge in [-0.05, 0) is 65.6 Å². The Balaban J connectivity index is 1.28. The van der Waals surface area contributed by atoms with Crippen LogP contribution in [0.1, 0.15) is 44.1 Å². The van der Waals surface area contributed by atoms with Gasteiger partial charge in [0.25, 0.3) is 0 Å². The largest absolute Gasteiger partial charge is 0.332 e. The van der Waals surface area contributed by atoms with Crippen molar-refractivity contribution in [3.05, 3.63) is 150 Å². The molecule has 0 spiro atoms. The minimum Gasteiger partial charge on any atom is -0.332 e. The number of para-hydroxylation sites is 2. The topological polar surface area (TPSA) is 70.6 Å². The molecular formula is C44H34N6. The Bertz CT molecular complexity index is 2530.